The van der Waals surface area contributed by atoms with Gasteiger partial charge in [0.15, 0.2) is 0 Å². The highest BCUT2D eigenvalue weighted by Crippen LogP contribution is 2.22. The van der Waals surface area contributed by atoms with Crippen molar-refractivity contribution in [2.45, 2.75) is 19.5 Å². The predicted octanol–water partition coefficient (Wildman–Crippen LogP) is 2.11. The third-order valence-electron chi connectivity index (χ3n) is 2.44. The zero-order chi connectivity index (χ0) is 12.1. The standard InChI is InChI=1S/C12H14N4S/c1-2-14-10(8-13)9-16-6-5-15-12(16)11-4-3-7-17-11/h3-7,10,14H,2,9H2,1H3. The third kappa shape index (κ3) is 2.73. The average molecular weight is 246 g/mol. The molecule has 0 aliphatic carbocycles. The van der Waals surface area contributed by atoms with Crippen LogP contribution in [0.5, 0.6) is 0 Å². The van der Waals surface area contributed by atoms with Crippen molar-refractivity contribution < 1.29 is 0 Å². The van der Waals surface area contributed by atoms with Gasteiger partial charge in [-0.25, -0.2) is 4.98 Å². The first-order valence-electron chi connectivity index (χ1n) is 5.53. The Kier molecular flexibility index (Phi) is 3.91. The zero-order valence-electron chi connectivity index (χ0n) is 9.63. The zero-order valence-corrected chi connectivity index (χ0v) is 10.4. The minimum atomic E-state index is -0.173. The van der Waals surface area contributed by atoms with Gasteiger partial charge < -0.3 is 9.88 Å². The monoisotopic (exact) mass is 246 g/mol. The number of rotatable bonds is 5. The lowest BCUT2D eigenvalue weighted by atomic mass is 10.3. The van der Waals surface area contributed by atoms with E-state index in [9.17, 15) is 0 Å². The van der Waals surface area contributed by atoms with E-state index in [-0.39, 0.29) is 6.04 Å². The summed E-state index contributed by atoms with van der Waals surface area (Å²) in [4.78, 5) is 5.47. The van der Waals surface area contributed by atoms with Crippen molar-refractivity contribution in [2.24, 2.45) is 0 Å². The lowest BCUT2D eigenvalue weighted by Gasteiger charge is -2.12. The van der Waals surface area contributed by atoms with E-state index in [2.05, 4.69) is 16.4 Å². The van der Waals surface area contributed by atoms with E-state index in [0.29, 0.717) is 6.54 Å². The quantitative estimate of drug-likeness (QED) is 0.879. The van der Waals surface area contributed by atoms with Crippen LogP contribution in [-0.2, 0) is 6.54 Å². The molecule has 2 aromatic heterocycles. The van der Waals surface area contributed by atoms with E-state index in [1.54, 1.807) is 17.5 Å². The highest BCUT2D eigenvalue weighted by molar-refractivity contribution is 7.13. The molecule has 88 valence electrons. The van der Waals surface area contributed by atoms with Crippen molar-refractivity contribution in [3.8, 4) is 16.8 Å². The van der Waals surface area contributed by atoms with Crippen LogP contribution < -0.4 is 5.32 Å². The van der Waals surface area contributed by atoms with Gasteiger partial charge >= 0.3 is 0 Å². The molecule has 1 unspecified atom stereocenters. The molecule has 0 aliphatic rings. The van der Waals surface area contributed by atoms with Gasteiger partial charge in [-0.15, -0.1) is 11.3 Å². The molecule has 4 nitrogen and oxygen atoms in total. The molecule has 0 radical (unpaired) electrons. The summed E-state index contributed by atoms with van der Waals surface area (Å²) in [6.45, 7) is 3.41. The number of nitriles is 1. The fourth-order valence-electron chi connectivity index (χ4n) is 1.68. The van der Waals surface area contributed by atoms with Gasteiger partial charge in [0, 0.05) is 12.4 Å². The molecule has 0 fully saturated rings. The maximum atomic E-state index is 9.03. The van der Waals surface area contributed by atoms with Crippen molar-refractivity contribution >= 4 is 11.3 Å². The molecule has 0 bridgehead atoms. The second-order valence-electron chi connectivity index (χ2n) is 3.62. The van der Waals surface area contributed by atoms with Crippen LogP contribution in [0.15, 0.2) is 29.9 Å². The molecule has 0 saturated carbocycles. The van der Waals surface area contributed by atoms with Crippen LogP contribution in [0.25, 0.3) is 10.7 Å². The number of hydrogen-bond donors (Lipinski definition) is 1. The fourth-order valence-corrected chi connectivity index (χ4v) is 2.42. The molecular weight excluding hydrogens is 232 g/mol. The summed E-state index contributed by atoms with van der Waals surface area (Å²) in [5, 5.41) is 14.2. The second kappa shape index (κ2) is 5.62. The highest BCUT2D eigenvalue weighted by atomic mass is 32.1. The highest BCUT2D eigenvalue weighted by Gasteiger charge is 2.11. The Balaban J connectivity index is 2.17. The first-order valence-corrected chi connectivity index (χ1v) is 6.41. The Hall–Kier alpha value is -1.64. The average Bonchev–Trinajstić information content (AvgIpc) is 2.98. The van der Waals surface area contributed by atoms with Crippen LogP contribution in [0.1, 0.15) is 6.92 Å². The van der Waals surface area contributed by atoms with E-state index in [1.165, 1.54) is 0 Å². The molecule has 1 N–H and O–H groups in total. The van der Waals surface area contributed by atoms with Crippen LogP contribution in [0, 0.1) is 11.3 Å². The van der Waals surface area contributed by atoms with Gasteiger partial charge in [-0.2, -0.15) is 5.26 Å². The van der Waals surface area contributed by atoms with E-state index < -0.39 is 0 Å². The van der Waals surface area contributed by atoms with Crippen molar-refractivity contribution in [3.63, 3.8) is 0 Å². The topological polar surface area (TPSA) is 53.6 Å². The first kappa shape index (κ1) is 11.8. The van der Waals surface area contributed by atoms with Crippen molar-refractivity contribution in [3.05, 3.63) is 29.9 Å². The van der Waals surface area contributed by atoms with Gasteiger partial charge in [0.2, 0.25) is 0 Å². The SMILES string of the molecule is CCNC(C#N)Cn1ccnc1-c1cccs1. The summed E-state index contributed by atoms with van der Waals surface area (Å²) >= 11 is 1.66. The first-order chi connectivity index (χ1) is 8.35. The molecule has 0 amide bonds. The van der Waals surface area contributed by atoms with Gasteiger partial charge in [0.05, 0.1) is 17.5 Å². The molecule has 0 saturated heterocycles. The maximum absolute atomic E-state index is 9.03. The van der Waals surface area contributed by atoms with Crippen molar-refractivity contribution in [1.29, 1.82) is 5.26 Å². The van der Waals surface area contributed by atoms with Crippen LogP contribution in [0.3, 0.4) is 0 Å². The molecular formula is C12H14N4S. The number of likely N-dealkylation sites (N-methyl/N-ethyl adjacent to an activating group) is 1. The van der Waals surface area contributed by atoms with Crippen LogP contribution in [0.2, 0.25) is 0 Å². The molecule has 0 aromatic carbocycles. The van der Waals surface area contributed by atoms with Crippen molar-refractivity contribution in [2.75, 3.05) is 6.54 Å². The van der Waals surface area contributed by atoms with E-state index in [1.807, 2.05) is 35.2 Å². The Bertz CT molecular complexity index is 495. The smallest absolute Gasteiger partial charge is 0.150 e. The summed E-state index contributed by atoms with van der Waals surface area (Å²) < 4.78 is 2.02. The molecule has 0 spiro atoms. The van der Waals surface area contributed by atoms with Crippen LogP contribution in [0.4, 0.5) is 0 Å². The second-order valence-corrected chi connectivity index (χ2v) is 4.57. The Morgan fingerprint density at radius 1 is 1.65 bits per heavy atom. The molecule has 0 aliphatic heterocycles. The summed E-state index contributed by atoms with van der Waals surface area (Å²) in [5.41, 5.74) is 0. The van der Waals surface area contributed by atoms with Crippen LogP contribution in [-0.4, -0.2) is 22.1 Å². The Morgan fingerprint density at radius 3 is 3.18 bits per heavy atom. The molecule has 5 heteroatoms. The van der Waals surface area contributed by atoms with Crippen molar-refractivity contribution in [1.82, 2.24) is 14.9 Å². The molecule has 2 heterocycles. The number of nitrogens with zero attached hydrogens (tertiary/aromatic N) is 3. The fraction of sp³-hybridized carbons (Fsp3) is 0.333. The molecule has 1 atom stereocenters. The third-order valence-corrected chi connectivity index (χ3v) is 3.31. The van der Waals surface area contributed by atoms with E-state index in [0.717, 1.165) is 17.2 Å². The molecule has 17 heavy (non-hydrogen) atoms. The molecule has 2 rings (SSSR count). The summed E-state index contributed by atoms with van der Waals surface area (Å²) in [5.74, 6) is 0.929. The van der Waals surface area contributed by atoms with Gasteiger partial charge in [-0.3, -0.25) is 0 Å². The van der Waals surface area contributed by atoms with Gasteiger partial charge in [0.1, 0.15) is 11.9 Å². The van der Waals surface area contributed by atoms with E-state index in [4.69, 9.17) is 5.26 Å². The van der Waals surface area contributed by atoms with Gasteiger partial charge in [0.25, 0.3) is 0 Å². The summed E-state index contributed by atoms with van der Waals surface area (Å²) in [7, 11) is 0. The maximum Gasteiger partial charge on any atom is 0.150 e. The number of nitrogens with one attached hydrogen (secondary N) is 1. The minimum absolute atomic E-state index is 0.173. The van der Waals surface area contributed by atoms with Gasteiger partial charge in [-0.05, 0) is 18.0 Å². The number of aromatic nitrogens is 2. The number of thiophene rings is 1. The lowest BCUT2D eigenvalue weighted by molar-refractivity contribution is 0.539. The van der Waals surface area contributed by atoms with E-state index >= 15 is 0 Å². The minimum Gasteiger partial charge on any atom is -0.328 e. The summed E-state index contributed by atoms with van der Waals surface area (Å²) in [6, 6.07) is 6.13. The number of hydrogen-bond acceptors (Lipinski definition) is 4. The Labute approximate surface area is 105 Å². The number of imidazole rings is 1. The predicted molar refractivity (Wildman–Crippen MR) is 68.6 cm³/mol. The lowest BCUT2D eigenvalue weighted by Crippen LogP contribution is -2.31. The van der Waals surface area contributed by atoms with Crippen LogP contribution >= 0.6 is 11.3 Å². The Morgan fingerprint density at radius 2 is 2.53 bits per heavy atom. The molecule has 2 aromatic rings. The largest absolute Gasteiger partial charge is 0.328 e. The van der Waals surface area contributed by atoms with Gasteiger partial charge in [-0.1, -0.05) is 13.0 Å². The normalized spacial score (nSPS) is 12.2. The summed E-state index contributed by atoms with van der Waals surface area (Å²) in [6.07, 6.45) is 3.69.